The Kier molecular flexibility index (Phi) is 3.67. The number of methoxy groups -OCH3 is 1. The molecule has 0 radical (unpaired) electrons. The molecule has 0 saturated heterocycles. The molecule has 0 aliphatic carbocycles. The average Bonchev–Trinajstić information content (AvgIpc) is 2.39. The van der Waals surface area contributed by atoms with Gasteiger partial charge in [-0.1, -0.05) is 18.2 Å². The second-order valence-electron chi connectivity index (χ2n) is 3.90. The molecule has 0 unspecified atom stereocenters. The monoisotopic (exact) mass is 246 g/mol. The van der Waals surface area contributed by atoms with Crippen LogP contribution in [0.25, 0.3) is 0 Å². The molecule has 0 amide bonds. The van der Waals surface area contributed by atoms with Gasteiger partial charge in [-0.2, -0.15) is 0 Å². The second-order valence-corrected chi connectivity index (χ2v) is 3.90. The number of ether oxygens (including phenoxy) is 1. The van der Waals surface area contributed by atoms with Crippen LogP contribution in [0.1, 0.15) is 5.56 Å². The highest BCUT2D eigenvalue weighted by atomic mass is 19.1. The first kappa shape index (κ1) is 12.2. The van der Waals surface area contributed by atoms with Crippen LogP contribution >= 0.6 is 0 Å². The van der Waals surface area contributed by atoms with Gasteiger partial charge in [0.25, 0.3) is 0 Å². The smallest absolute Gasteiger partial charge is 0.143 e. The number of hydrogen-bond acceptors (Lipinski definition) is 3. The molecule has 0 bridgehead atoms. The van der Waals surface area contributed by atoms with E-state index in [-0.39, 0.29) is 5.82 Å². The quantitative estimate of drug-likeness (QED) is 0.815. The van der Waals surface area contributed by atoms with Gasteiger partial charge < -0.3 is 15.8 Å². The Morgan fingerprint density at radius 3 is 2.56 bits per heavy atom. The van der Waals surface area contributed by atoms with Gasteiger partial charge in [0.2, 0.25) is 0 Å². The molecule has 18 heavy (non-hydrogen) atoms. The number of anilines is 2. The van der Waals surface area contributed by atoms with Crippen molar-refractivity contribution in [3.63, 3.8) is 0 Å². The third-order valence-corrected chi connectivity index (χ3v) is 2.68. The molecule has 0 aromatic heterocycles. The number of halogens is 1. The maximum atomic E-state index is 12.8. The lowest BCUT2D eigenvalue weighted by atomic mass is 10.2. The highest BCUT2D eigenvalue weighted by Crippen LogP contribution is 2.29. The van der Waals surface area contributed by atoms with Crippen LogP contribution in [0.4, 0.5) is 15.8 Å². The standard InChI is InChI=1S/C14H15FN2O/c1-18-13-4-2-3-12(14(13)16)17-9-10-5-7-11(15)8-6-10/h2-8,17H,9,16H2,1H3. The minimum atomic E-state index is -0.236. The lowest BCUT2D eigenvalue weighted by Crippen LogP contribution is -2.03. The van der Waals surface area contributed by atoms with Crippen LogP contribution in [0.3, 0.4) is 0 Å². The predicted molar refractivity (Wildman–Crippen MR) is 71.1 cm³/mol. The largest absolute Gasteiger partial charge is 0.495 e. The summed E-state index contributed by atoms with van der Waals surface area (Å²) in [6.45, 7) is 0.581. The zero-order valence-corrected chi connectivity index (χ0v) is 10.1. The Labute approximate surface area is 105 Å². The molecule has 94 valence electrons. The molecule has 0 fully saturated rings. The van der Waals surface area contributed by atoms with Crippen molar-refractivity contribution >= 4 is 11.4 Å². The van der Waals surface area contributed by atoms with Crippen LogP contribution in [0.2, 0.25) is 0 Å². The Balaban J connectivity index is 2.08. The summed E-state index contributed by atoms with van der Waals surface area (Å²) in [5.41, 5.74) is 8.30. The predicted octanol–water partition coefficient (Wildman–Crippen LogP) is 3.03. The molecular formula is C14H15FN2O. The van der Waals surface area contributed by atoms with E-state index in [1.807, 2.05) is 12.1 Å². The first-order valence-corrected chi connectivity index (χ1v) is 5.61. The van der Waals surface area contributed by atoms with Crippen LogP contribution < -0.4 is 15.8 Å². The van der Waals surface area contributed by atoms with Crippen molar-refractivity contribution in [2.75, 3.05) is 18.2 Å². The number of benzene rings is 2. The molecule has 0 aliphatic heterocycles. The second kappa shape index (κ2) is 5.40. The van der Waals surface area contributed by atoms with Crippen LogP contribution in [0.5, 0.6) is 5.75 Å². The van der Waals surface area contributed by atoms with Crippen molar-refractivity contribution in [1.82, 2.24) is 0 Å². The maximum absolute atomic E-state index is 12.8. The van der Waals surface area contributed by atoms with E-state index < -0.39 is 0 Å². The van der Waals surface area contributed by atoms with Crippen molar-refractivity contribution < 1.29 is 9.13 Å². The molecule has 0 atom stereocenters. The Hall–Kier alpha value is -2.23. The summed E-state index contributed by atoms with van der Waals surface area (Å²) in [7, 11) is 1.58. The number of nitrogens with one attached hydrogen (secondary N) is 1. The SMILES string of the molecule is COc1cccc(NCc2ccc(F)cc2)c1N. The highest BCUT2D eigenvalue weighted by molar-refractivity contribution is 5.72. The van der Waals surface area contributed by atoms with E-state index in [0.717, 1.165) is 11.3 Å². The zero-order chi connectivity index (χ0) is 13.0. The number of nitrogen functional groups attached to an aromatic ring is 1. The molecule has 2 rings (SSSR count). The first-order valence-electron chi connectivity index (χ1n) is 5.61. The Morgan fingerprint density at radius 1 is 1.17 bits per heavy atom. The molecular weight excluding hydrogens is 231 g/mol. The number of para-hydroxylation sites is 1. The summed E-state index contributed by atoms with van der Waals surface area (Å²) < 4.78 is 17.9. The summed E-state index contributed by atoms with van der Waals surface area (Å²) in [6, 6.07) is 11.9. The van der Waals surface area contributed by atoms with Gasteiger partial charge in [-0.3, -0.25) is 0 Å². The lowest BCUT2D eigenvalue weighted by Gasteiger charge is -2.12. The Bertz CT molecular complexity index is 526. The van der Waals surface area contributed by atoms with Gasteiger partial charge in [0.1, 0.15) is 11.6 Å². The van der Waals surface area contributed by atoms with Crippen LogP contribution in [0, 0.1) is 5.82 Å². The number of nitrogens with two attached hydrogens (primary N) is 1. The summed E-state index contributed by atoms with van der Waals surface area (Å²) in [5, 5.41) is 3.20. The number of rotatable bonds is 4. The molecule has 3 nitrogen and oxygen atoms in total. The fraction of sp³-hybridized carbons (Fsp3) is 0.143. The molecule has 4 heteroatoms. The fourth-order valence-electron chi connectivity index (χ4n) is 1.68. The van der Waals surface area contributed by atoms with E-state index in [1.54, 1.807) is 25.3 Å². The van der Waals surface area contributed by atoms with Gasteiger partial charge in [0.15, 0.2) is 0 Å². The average molecular weight is 246 g/mol. The van der Waals surface area contributed by atoms with E-state index in [1.165, 1.54) is 12.1 Å². The van der Waals surface area contributed by atoms with Crippen LogP contribution in [-0.2, 0) is 6.54 Å². The maximum Gasteiger partial charge on any atom is 0.143 e. The van der Waals surface area contributed by atoms with E-state index in [4.69, 9.17) is 10.5 Å². The van der Waals surface area contributed by atoms with E-state index in [0.29, 0.717) is 18.0 Å². The van der Waals surface area contributed by atoms with Crippen molar-refractivity contribution in [2.24, 2.45) is 0 Å². The highest BCUT2D eigenvalue weighted by Gasteiger charge is 2.04. The topological polar surface area (TPSA) is 47.3 Å². The molecule has 0 heterocycles. The van der Waals surface area contributed by atoms with Crippen LogP contribution in [-0.4, -0.2) is 7.11 Å². The van der Waals surface area contributed by atoms with Crippen molar-refractivity contribution in [2.45, 2.75) is 6.54 Å². The van der Waals surface area contributed by atoms with Crippen LogP contribution in [0.15, 0.2) is 42.5 Å². The number of hydrogen-bond donors (Lipinski definition) is 2. The molecule has 0 aliphatic rings. The lowest BCUT2D eigenvalue weighted by molar-refractivity contribution is 0.417. The minimum Gasteiger partial charge on any atom is -0.495 e. The third kappa shape index (κ3) is 2.71. The zero-order valence-electron chi connectivity index (χ0n) is 10.1. The summed E-state index contributed by atoms with van der Waals surface area (Å²) >= 11 is 0. The fourth-order valence-corrected chi connectivity index (χ4v) is 1.68. The molecule has 2 aromatic carbocycles. The van der Waals surface area contributed by atoms with E-state index in [9.17, 15) is 4.39 Å². The molecule has 3 N–H and O–H groups in total. The normalized spacial score (nSPS) is 10.1. The summed E-state index contributed by atoms with van der Waals surface area (Å²) in [5.74, 6) is 0.402. The molecule has 0 spiro atoms. The van der Waals surface area contributed by atoms with Gasteiger partial charge in [-0.25, -0.2) is 4.39 Å². The third-order valence-electron chi connectivity index (χ3n) is 2.68. The molecule has 2 aromatic rings. The first-order chi connectivity index (χ1) is 8.70. The molecule has 0 saturated carbocycles. The van der Waals surface area contributed by atoms with Crippen molar-refractivity contribution in [3.8, 4) is 5.75 Å². The summed E-state index contributed by atoms with van der Waals surface area (Å²) in [4.78, 5) is 0. The van der Waals surface area contributed by atoms with Gasteiger partial charge in [-0.15, -0.1) is 0 Å². The van der Waals surface area contributed by atoms with E-state index in [2.05, 4.69) is 5.32 Å². The van der Waals surface area contributed by atoms with Crippen molar-refractivity contribution in [1.29, 1.82) is 0 Å². The van der Waals surface area contributed by atoms with Gasteiger partial charge in [0, 0.05) is 6.54 Å². The van der Waals surface area contributed by atoms with Gasteiger partial charge >= 0.3 is 0 Å². The van der Waals surface area contributed by atoms with Crippen molar-refractivity contribution in [3.05, 3.63) is 53.8 Å². The van der Waals surface area contributed by atoms with Gasteiger partial charge in [-0.05, 0) is 29.8 Å². The minimum absolute atomic E-state index is 0.236. The van der Waals surface area contributed by atoms with Gasteiger partial charge in [0.05, 0.1) is 18.5 Å². The Morgan fingerprint density at radius 2 is 1.89 bits per heavy atom. The summed E-state index contributed by atoms with van der Waals surface area (Å²) in [6.07, 6.45) is 0. The van der Waals surface area contributed by atoms with E-state index >= 15 is 0 Å².